The zero-order valence-electron chi connectivity index (χ0n) is 13.1. The van der Waals surface area contributed by atoms with Crippen LogP contribution in [-0.4, -0.2) is 23.9 Å². The Kier molecular flexibility index (Phi) is 3.54. The van der Waals surface area contributed by atoms with Gasteiger partial charge in [-0.3, -0.25) is 9.59 Å². The van der Waals surface area contributed by atoms with Gasteiger partial charge in [-0.15, -0.1) is 0 Å². The number of nitrogens with zero attached hydrogens (tertiary/aromatic N) is 4. The average molecular weight is 359 g/mol. The summed E-state index contributed by atoms with van der Waals surface area (Å²) in [6, 6.07) is 8.68. The lowest BCUT2D eigenvalue weighted by Crippen LogP contribution is -2.39. The summed E-state index contributed by atoms with van der Waals surface area (Å²) in [6.45, 7) is 1.83. The zero-order valence-corrected chi connectivity index (χ0v) is 13.8. The third kappa shape index (κ3) is 2.39. The molecular weight excluding hydrogens is 347 g/mol. The second-order valence-corrected chi connectivity index (χ2v) is 6.27. The maximum Gasteiger partial charge on any atom is 0.263 e. The number of aryl methyl sites for hydroxylation is 1. The van der Waals surface area contributed by atoms with Crippen molar-refractivity contribution >= 4 is 34.8 Å². The highest BCUT2D eigenvalue weighted by molar-refractivity contribution is 6.32. The highest BCUT2D eigenvalue weighted by Crippen LogP contribution is 2.35. The fourth-order valence-electron chi connectivity index (χ4n) is 2.94. The first kappa shape index (κ1) is 15.7. The minimum Gasteiger partial charge on any atom is -0.271 e. The van der Waals surface area contributed by atoms with Gasteiger partial charge >= 0.3 is 0 Å². The summed E-state index contributed by atoms with van der Waals surface area (Å²) in [7, 11) is 0. The number of hydrogen-bond donors (Lipinski definition) is 0. The summed E-state index contributed by atoms with van der Waals surface area (Å²) in [5.74, 6) is -1.30. The third-order valence-corrected chi connectivity index (χ3v) is 4.69. The van der Waals surface area contributed by atoms with Gasteiger partial charge in [0.15, 0.2) is 12.1 Å². The van der Waals surface area contributed by atoms with Crippen LogP contribution in [0.3, 0.4) is 0 Å². The van der Waals surface area contributed by atoms with Gasteiger partial charge in [0, 0.05) is 5.02 Å². The summed E-state index contributed by atoms with van der Waals surface area (Å²) in [5.41, 5.74) is 1.73. The van der Waals surface area contributed by atoms with Gasteiger partial charge < -0.3 is 0 Å². The van der Waals surface area contributed by atoms with Crippen LogP contribution in [0.25, 0.3) is 0 Å². The molecule has 0 aromatic heterocycles. The average Bonchev–Trinajstić information content (AvgIpc) is 3.12. The minimum absolute atomic E-state index is 0.397. The van der Waals surface area contributed by atoms with Gasteiger partial charge in [-0.05, 0) is 48.9 Å². The van der Waals surface area contributed by atoms with Crippen molar-refractivity contribution in [1.82, 2.24) is 0 Å². The van der Waals surface area contributed by atoms with Crippen molar-refractivity contribution in [2.24, 2.45) is 10.3 Å². The minimum atomic E-state index is -0.919. The van der Waals surface area contributed by atoms with Crippen LogP contribution in [-0.2, 0) is 9.59 Å². The van der Waals surface area contributed by atoms with Crippen molar-refractivity contribution in [3.8, 4) is 0 Å². The van der Waals surface area contributed by atoms with E-state index in [1.54, 1.807) is 18.2 Å². The monoisotopic (exact) mass is 358 g/mol. The summed E-state index contributed by atoms with van der Waals surface area (Å²) in [5, 5.41) is 9.67. The maximum atomic E-state index is 13.1. The standard InChI is InChI=1S/C17H12ClFN4O2/c1-9-2-5-12(8-13(9)18)22-16(24)14-15(17(22)25)23(21-20-14)11-6-3-10(19)4-7-11/h2-8,14-15H,1H3/t14-,15-/m0/s1. The first-order valence-electron chi connectivity index (χ1n) is 7.57. The summed E-state index contributed by atoms with van der Waals surface area (Å²) in [4.78, 5) is 26.6. The normalized spacial score (nSPS) is 22.0. The van der Waals surface area contributed by atoms with E-state index >= 15 is 0 Å². The predicted octanol–water partition coefficient (Wildman–Crippen LogP) is 3.29. The van der Waals surface area contributed by atoms with Crippen molar-refractivity contribution in [2.75, 3.05) is 9.91 Å². The summed E-state index contributed by atoms with van der Waals surface area (Å²) in [6.07, 6.45) is 0. The van der Waals surface area contributed by atoms with E-state index in [1.807, 2.05) is 6.92 Å². The maximum absolute atomic E-state index is 13.1. The van der Waals surface area contributed by atoms with Crippen LogP contribution in [0.4, 0.5) is 15.8 Å². The Morgan fingerprint density at radius 2 is 1.72 bits per heavy atom. The molecule has 2 aromatic carbocycles. The zero-order chi connectivity index (χ0) is 17.7. The molecule has 2 aromatic rings. The van der Waals surface area contributed by atoms with E-state index < -0.39 is 29.7 Å². The van der Waals surface area contributed by atoms with Crippen molar-refractivity contribution < 1.29 is 14.0 Å². The Hall–Kier alpha value is -2.80. The third-order valence-electron chi connectivity index (χ3n) is 4.29. The van der Waals surface area contributed by atoms with Crippen LogP contribution >= 0.6 is 11.6 Å². The number of hydrogen-bond acceptors (Lipinski definition) is 5. The molecule has 0 N–H and O–H groups in total. The van der Waals surface area contributed by atoms with E-state index in [4.69, 9.17) is 11.6 Å². The number of amides is 2. The number of imide groups is 1. The van der Waals surface area contributed by atoms with Crippen molar-refractivity contribution in [2.45, 2.75) is 19.0 Å². The smallest absolute Gasteiger partial charge is 0.263 e. The first-order valence-corrected chi connectivity index (χ1v) is 7.95. The molecule has 6 nitrogen and oxygen atoms in total. The van der Waals surface area contributed by atoms with E-state index in [9.17, 15) is 14.0 Å². The molecule has 1 saturated heterocycles. The van der Waals surface area contributed by atoms with Gasteiger partial charge in [0.25, 0.3) is 11.8 Å². The number of rotatable bonds is 2. The molecule has 0 bridgehead atoms. The van der Waals surface area contributed by atoms with Gasteiger partial charge in [-0.2, -0.15) is 5.11 Å². The summed E-state index contributed by atoms with van der Waals surface area (Å²) >= 11 is 6.11. The van der Waals surface area contributed by atoms with E-state index in [-0.39, 0.29) is 0 Å². The second kappa shape index (κ2) is 5.63. The molecular formula is C17H12ClFN4O2. The topological polar surface area (TPSA) is 65.3 Å². The quantitative estimate of drug-likeness (QED) is 0.774. The van der Waals surface area contributed by atoms with E-state index in [1.165, 1.54) is 29.3 Å². The van der Waals surface area contributed by atoms with Crippen LogP contribution in [0.1, 0.15) is 5.56 Å². The molecule has 2 atom stereocenters. The lowest BCUT2D eigenvalue weighted by molar-refractivity contribution is -0.121. The molecule has 25 heavy (non-hydrogen) atoms. The highest BCUT2D eigenvalue weighted by atomic mass is 35.5. The van der Waals surface area contributed by atoms with E-state index in [2.05, 4.69) is 10.3 Å². The lowest BCUT2D eigenvalue weighted by Gasteiger charge is -2.20. The molecule has 0 spiro atoms. The number of benzene rings is 2. The molecule has 8 heteroatoms. The second-order valence-electron chi connectivity index (χ2n) is 5.86. The molecule has 0 saturated carbocycles. The van der Waals surface area contributed by atoms with Gasteiger partial charge in [-0.25, -0.2) is 14.3 Å². The van der Waals surface area contributed by atoms with Crippen molar-refractivity contribution in [3.63, 3.8) is 0 Å². The number of halogens is 2. The molecule has 2 aliphatic heterocycles. The van der Waals surface area contributed by atoms with Crippen LogP contribution in [0.2, 0.25) is 5.02 Å². The van der Waals surface area contributed by atoms with Gasteiger partial charge in [0.1, 0.15) is 5.82 Å². The van der Waals surface area contributed by atoms with Gasteiger partial charge in [-0.1, -0.05) is 22.9 Å². The molecule has 1 fully saturated rings. The van der Waals surface area contributed by atoms with E-state index in [0.29, 0.717) is 16.4 Å². The van der Waals surface area contributed by atoms with Crippen LogP contribution in [0.15, 0.2) is 52.8 Å². The van der Waals surface area contributed by atoms with Gasteiger partial charge in [0.2, 0.25) is 0 Å². The Morgan fingerprint density at radius 3 is 2.40 bits per heavy atom. The molecule has 4 rings (SSSR count). The molecule has 2 aliphatic rings. The summed E-state index contributed by atoms with van der Waals surface area (Å²) < 4.78 is 13.1. The molecule has 0 unspecified atom stereocenters. The van der Waals surface area contributed by atoms with Crippen LogP contribution in [0.5, 0.6) is 0 Å². The lowest BCUT2D eigenvalue weighted by atomic mass is 10.1. The molecule has 2 heterocycles. The Bertz CT molecular complexity index is 915. The Labute approximate surface area is 147 Å². The first-order chi connectivity index (χ1) is 12.0. The number of carbonyl (C=O) groups is 2. The highest BCUT2D eigenvalue weighted by Gasteiger charge is 2.55. The van der Waals surface area contributed by atoms with Crippen molar-refractivity contribution in [1.29, 1.82) is 0 Å². The number of carbonyl (C=O) groups excluding carboxylic acids is 2. The molecule has 0 aliphatic carbocycles. The molecule has 0 radical (unpaired) electrons. The fraction of sp³-hybridized carbons (Fsp3) is 0.176. The van der Waals surface area contributed by atoms with Crippen LogP contribution in [0, 0.1) is 12.7 Å². The van der Waals surface area contributed by atoms with E-state index in [0.717, 1.165) is 10.5 Å². The molecule has 2 amide bonds. The van der Waals surface area contributed by atoms with Crippen molar-refractivity contribution in [3.05, 3.63) is 58.9 Å². The molecule has 126 valence electrons. The van der Waals surface area contributed by atoms with Crippen LogP contribution < -0.4 is 9.91 Å². The SMILES string of the molecule is Cc1ccc(N2C(=O)[C@H]3N=NN(c4ccc(F)cc4)[C@@H]3C2=O)cc1Cl. The Balaban J connectivity index is 1.70. The number of fused-ring (bicyclic) bond motifs is 1. The Morgan fingerprint density at radius 1 is 1.04 bits per heavy atom. The van der Waals surface area contributed by atoms with Gasteiger partial charge in [0.05, 0.1) is 11.4 Å². The fourth-order valence-corrected chi connectivity index (χ4v) is 3.12. The largest absolute Gasteiger partial charge is 0.271 e. The number of anilines is 2. The predicted molar refractivity (Wildman–Crippen MR) is 90.0 cm³/mol.